The average Bonchev–Trinajstić information content (AvgIpc) is 2.58. The molecule has 90 valence electrons. The number of aliphatic hydroxyl groups is 1. The third kappa shape index (κ3) is 4.93. The average molecular weight is 217 g/mol. The van der Waals surface area contributed by atoms with Crippen molar-refractivity contribution in [2.75, 3.05) is 13.2 Å². The largest absolute Gasteiger partial charge is 0.388 e. The normalized spacial score (nSPS) is 28.6. The van der Waals surface area contributed by atoms with Crippen molar-refractivity contribution >= 4 is 0 Å². The van der Waals surface area contributed by atoms with Gasteiger partial charge >= 0.3 is 0 Å². The van der Waals surface area contributed by atoms with Crippen LogP contribution in [-0.4, -0.2) is 42.7 Å². The Morgan fingerprint density at radius 2 is 2.07 bits per heavy atom. The maximum atomic E-state index is 9.55. The zero-order valence-corrected chi connectivity index (χ0v) is 9.69. The summed E-state index contributed by atoms with van der Waals surface area (Å²) in [5.41, 5.74) is 5.85. The van der Waals surface area contributed by atoms with Gasteiger partial charge in [0.2, 0.25) is 0 Å². The van der Waals surface area contributed by atoms with Gasteiger partial charge in [-0.05, 0) is 33.1 Å². The van der Waals surface area contributed by atoms with E-state index in [0.717, 1.165) is 19.3 Å². The van der Waals surface area contributed by atoms with Crippen molar-refractivity contribution in [3.8, 4) is 0 Å². The minimum Gasteiger partial charge on any atom is -0.388 e. The van der Waals surface area contributed by atoms with E-state index in [1.807, 2.05) is 13.8 Å². The molecule has 3 unspecified atom stereocenters. The van der Waals surface area contributed by atoms with E-state index in [4.69, 9.17) is 15.2 Å². The molecule has 1 aliphatic carbocycles. The summed E-state index contributed by atoms with van der Waals surface area (Å²) in [5, 5.41) is 9.55. The number of aliphatic hydroxyl groups excluding tert-OH is 1. The van der Waals surface area contributed by atoms with Crippen LogP contribution in [0.15, 0.2) is 0 Å². The first-order valence-electron chi connectivity index (χ1n) is 5.76. The van der Waals surface area contributed by atoms with Gasteiger partial charge in [-0.2, -0.15) is 0 Å². The molecule has 15 heavy (non-hydrogen) atoms. The van der Waals surface area contributed by atoms with Gasteiger partial charge < -0.3 is 20.3 Å². The maximum absolute atomic E-state index is 9.55. The molecule has 0 aromatic rings. The van der Waals surface area contributed by atoms with Gasteiger partial charge in [0, 0.05) is 6.04 Å². The standard InChI is InChI=1S/C11H23NO3/c1-8(2)14-6-9(13)7-15-11-5-3-4-10(11)12/h8-11,13H,3-7,12H2,1-2H3. The molecular weight excluding hydrogens is 194 g/mol. The van der Waals surface area contributed by atoms with Gasteiger partial charge in [-0.15, -0.1) is 0 Å². The molecule has 0 spiro atoms. The topological polar surface area (TPSA) is 64.7 Å². The van der Waals surface area contributed by atoms with E-state index in [2.05, 4.69) is 0 Å². The highest BCUT2D eigenvalue weighted by Crippen LogP contribution is 2.20. The Bertz CT molecular complexity index is 175. The van der Waals surface area contributed by atoms with Gasteiger partial charge in [-0.3, -0.25) is 0 Å². The predicted octanol–water partition coefficient (Wildman–Crippen LogP) is 0.669. The molecule has 0 bridgehead atoms. The molecule has 1 rings (SSSR count). The van der Waals surface area contributed by atoms with Crippen molar-refractivity contribution in [2.45, 2.75) is 57.5 Å². The summed E-state index contributed by atoms with van der Waals surface area (Å²) in [4.78, 5) is 0. The van der Waals surface area contributed by atoms with Crippen LogP contribution in [0, 0.1) is 0 Å². The fourth-order valence-corrected chi connectivity index (χ4v) is 1.75. The fraction of sp³-hybridized carbons (Fsp3) is 1.00. The Kier molecular flexibility index (Phi) is 5.53. The SMILES string of the molecule is CC(C)OCC(O)COC1CCCC1N. The summed E-state index contributed by atoms with van der Waals surface area (Å²) in [7, 11) is 0. The molecule has 1 saturated carbocycles. The van der Waals surface area contributed by atoms with Gasteiger partial charge in [0.15, 0.2) is 0 Å². The zero-order chi connectivity index (χ0) is 11.3. The molecule has 0 aromatic carbocycles. The molecule has 0 aromatic heterocycles. The van der Waals surface area contributed by atoms with E-state index < -0.39 is 6.10 Å². The summed E-state index contributed by atoms with van der Waals surface area (Å²) in [6.07, 6.45) is 2.90. The van der Waals surface area contributed by atoms with Crippen molar-refractivity contribution in [1.29, 1.82) is 0 Å². The highest BCUT2D eigenvalue weighted by Gasteiger charge is 2.25. The van der Waals surface area contributed by atoms with Crippen LogP contribution in [0.2, 0.25) is 0 Å². The molecule has 0 heterocycles. The van der Waals surface area contributed by atoms with Crippen LogP contribution in [0.1, 0.15) is 33.1 Å². The van der Waals surface area contributed by atoms with Crippen LogP contribution in [0.5, 0.6) is 0 Å². The highest BCUT2D eigenvalue weighted by atomic mass is 16.5. The van der Waals surface area contributed by atoms with Crippen LogP contribution < -0.4 is 5.73 Å². The Morgan fingerprint density at radius 1 is 1.33 bits per heavy atom. The lowest BCUT2D eigenvalue weighted by atomic mass is 10.2. The predicted molar refractivity (Wildman–Crippen MR) is 58.7 cm³/mol. The summed E-state index contributed by atoms with van der Waals surface area (Å²) in [6, 6.07) is 0.142. The van der Waals surface area contributed by atoms with Gasteiger partial charge in [0.1, 0.15) is 6.10 Å². The molecule has 4 nitrogen and oxygen atoms in total. The molecule has 1 aliphatic rings. The van der Waals surface area contributed by atoms with E-state index in [1.54, 1.807) is 0 Å². The second-order valence-corrected chi connectivity index (χ2v) is 4.50. The van der Waals surface area contributed by atoms with Crippen LogP contribution in [0.3, 0.4) is 0 Å². The van der Waals surface area contributed by atoms with E-state index in [0.29, 0.717) is 13.2 Å². The molecule has 0 amide bonds. The van der Waals surface area contributed by atoms with Crippen LogP contribution in [0.25, 0.3) is 0 Å². The lowest BCUT2D eigenvalue weighted by Gasteiger charge is -2.19. The van der Waals surface area contributed by atoms with E-state index in [1.165, 1.54) is 0 Å². The first-order valence-corrected chi connectivity index (χ1v) is 5.76. The van der Waals surface area contributed by atoms with Gasteiger partial charge in [0.05, 0.1) is 25.4 Å². The van der Waals surface area contributed by atoms with Crippen molar-refractivity contribution < 1.29 is 14.6 Å². The van der Waals surface area contributed by atoms with Crippen LogP contribution >= 0.6 is 0 Å². The minimum absolute atomic E-state index is 0.124. The molecular formula is C11H23NO3. The van der Waals surface area contributed by atoms with Gasteiger partial charge in [-0.25, -0.2) is 0 Å². The maximum Gasteiger partial charge on any atom is 0.101 e. The molecule has 3 N–H and O–H groups in total. The lowest BCUT2D eigenvalue weighted by Crippen LogP contribution is -2.34. The Labute approximate surface area is 91.7 Å². The third-order valence-corrected chi connectivity index (χ3v) is 2.63. The number of hydrogen-bond donors (Lipinski definition) is 2. The van der Waals surface area contributed by atoms with Crippen molar-refractivity contribution in [2.24, 2.45) is 5.73 Å². The molecule has 1 fully saturated rings. The highest BCUT2D eigenvalue weighted by molar-refractivity contribution is 4.81. The van der Waals surface area contributed by atoms with Crippen LogP contribution in [-0.2, 0) is 9.47 Å². The van der Waals surface area contributed by atoms with E-state index in [-0.39, 0.29) is 18.2 Å². The summed E-state index contributed by atoms with van der Waals surface area (Å²) >= 11 is 0. The zero-order valence-electron chi connectivity index (χ0n) is 9.69. The Hall–Kier alpha value is -0.160. The molecule has 0 saturated heterocycles. The molecule has 4 heteroatoms. The first kappa shape index (κ1) is 12.9. The van der Waals surface area contributed by atoms with E-state index in [9.17, 15) is 5.11 Å². The van der Waals surface area contributed by atoms with Gasteiger partial charge in [0.25, 0.3) is 0 Å². The quantitative estimate of drug-likeness (QED) is 0.686. The monoisotopic (exact) mass is 217 g/mol. The molecule has 0 aliphatic heterocycles. The first-order chi connectivity index (χ1) is 7.09. The van der Waals surface area contributed by atoms with Crippen molar-refractivity contribution in [1.82, 2.24) is 0 Å². The summed E-state index contributed by atoms with van der Waals surface area (Å²) < 4.78 is 10.8. The second kappa shape index (κ2) is 6.43. The van der Waals surface area contributed by atoms with Gasteiger partial charge in [-0.1, -0.05) is 0 Å². The Balaban J connectivity index is 2.08. The third-order valence-electron chi connectivity index (χ3n) is 2.63. The van der Waals surface area contributed by atoms with Crippen LogP contribution in [0.4, 0.5) is 0 Å². The lowest BCUT2D eigenvalue weighted by molar-refractivity contribution is -0.0567. The number of hydrogen-bond acceptors (Lipinski definition) is 4. The molecule has 0 radical (unpaired) electrons. The molecule has 3 atom stereocenters. The number of rotatable bonds is 6. The van der Waals surface area contributed by atoms with Crippen molar-refractivity contribution in [3.05, 3.63) is 0 Å². The fourth-order valence-electron chi connectivity index (χ4n) is 1.75. The van der Waals surface area contributed by atoms with Crippen molar-refractivity contribution in [3.63, 3.8) is 0 Å². The smallest absolute Gasteiger partial charge is 0.101 e. The van der Waals surface area contributed by atoms with E-state index >= 15 is 0 Å². The second-order valence-electron chi connectivity index (χ2n) is 4.50. The summed E-state index contributed by atoms with van der Waals surface area (Å²) in [6.45, 7) is 4.55. The minimum atomic E-state index is -0.541. The Morgan fingerprint density at radius 3 is 2.60 bits per heavy atom. The summed E-state index contributed by atoms with van der Waals surface area (Å²) in [5.74, 6) is 0. The number of nitrogens with two attached hydrogens (primary N) is 1. The number of ether oxygens (including phenoxy) is 2.